The number of nitrogens with zero attached hydrogens (tertiary/aromatic N) is 2. The molecule has 120 valence electrons. The van der Waals surface area contributed by atoms with Crippen molar-refractivity contribution in [2.75, 3.05) is 39.3 Å². The van der Waals surface area contributed by atoms with E-state index in [-0.39, 0.29) is 0 Å². The lowest BCUT2D eigenvalue weighted by atomic mass is 9.85. The van der Waals surface area contributed by atoms with Gasteiger partial charge in [-0.3, -0.25) is 0 Å². The molecule has 20 heavy (non-hydrogen) atoms. The molecule has 3 heteroatoms. The summed E-state index contributed by atoms with van der Waals surface area (Å²) in [4.78, 5) is 5.12. The first-order chi connectivity index (χ1) is 9.44. The van der Waals surface area contributed by atoms with Crippen LogP contribution in [-0.4, -0.2) is 55.1 Å². The second kappa shape index (κ2) is 8.35. The fraction of sp³-hybridized carbons (Fsp3) is 1.00. The Labute approximate surface area is 126 Å². The Bertz CT molecular complexity index is 261. The third kappa shape index (κ3) is 5.01. The van der Waals surface area contributed by atoms with E-state index in [1.807, 2.05) is 0 Å². The molecule has 3 nitrogen and oxygen atoms in total. The van der Waals surface area contributed by atoms with E-state index in [9.17, 15) is 0 Å². The van der Waals surface area contributed by atoms with Gasteiger partial charge in [-0.15, -0.1) is 0 Å². The molecule has 1 fully saturated rings. The van der Waals surface area contributed by atoms with E-state index in [0.717, 1.165) is 6.54 Å². The molecule has 1 saturated carbocycles. The van der Waals surface area contributed by atoms with E-state index < -0.39 is 0 Å². The summed E-state index contributed by atoms with van der Waals surface area (Å²) in [7, 11) is 0. The summed E-state index contributed by atoms with van der Waals surface area (Å²) in [6.07, 6.45) is 3.87. The van der Waals surface area contributed by atoms with Gasteiger partial charge in [0.15, 0.2) is 0 Å². The fourth-order valence-corrected chi connectivity index (χ4v) is 3.51. The zero-order valence-corrected chi connectivity index (χ0v) is 14.5. The molecule has 0 bridgehead atoms. The summed E-state index contributed by atoms with van der Waals surface area (Å²) < 4.78 is 0. The Kier molecular flexibility index (Phi) is 7.49. The maximum atomic E-state index is 6.44. The van der Waals surface area contributed by atoms with Crippen molar-refractivity contribution < 1.29 is 0 Å². The maximum absolute atomic E-state index is 6.44. The Hall–Kier alpha value is -0.120. The minimum atomic E-state index is 0.339. The van der Waals surface area contributed by atoms with Gasteiger partial charge in [-0.1, -0.05) is 34.6 Å². The van der Waals surface area contributed by atoms with Gasteiger partial charge in [-0.2, -0.15) is 0 Å². The van der Waals surface area contributed by atoms with Crippen LogP contribution < -0.4 is 5.73 Å². The first-order valence-electron chi connectivity index (χ1n) is 8.64. The van der Waals surface area contributed by atoms with Crippen LogP contribution in [0.2, 0.25) is 0 Å². The summed E-state index contributed by atoms with van der Waals surface area (Å²) >= 11 is 0. The van der Waals surface area contributed by atoms with Gasteiger partial charge in [-0.25, -0.2) is 0 Å². The van der Waals surface area contributed by atoms with E-state index in [1.54, 1.807) is 0 Å². The van der Waals surface area contributed by atoms with Crippen molar-refractivity contribution >= 4 is 0 Å². The summed E-state index contributed by atoms with van der Waals surface area (Å²) in [5.41, 5.74) is 6.78. The van der Waals surface area contributed by atoms with E-state index in [0.29, 0.717) is 17.4 Å². The van der Waals surface area contributed by atoms with Crippen molar-refractivity contribution in [1.82, 2.24) is 9.80 Å². The van der Waals surface area contributed by atoms with Crippen LogP contribution in [0, 0.1) is 11.3 Å². The molecule has 0 aromatic heterocycles. The highest BCUT2D eigenvalue weighted by Crippen LogP contribution is 2.40. The van der Waals surface area contributed by atoms with Crippen LogP contribution in [0.1, 0.15) is 53.9 Å². The quantitative estimate of drug-likeness (QED) is 0.706. The molecule has 2 N–H and O–H groups in total. The highest BCUT2D eigenvalue weighted by molar-refractivity contribution is 4.95. The first kappa shape index (κ1) is 17.9. The number of hydrogen-bond acceptors (Lipinski definition) is 3. The summed E-state index contributed by atoms with van der Waals surface area (Å²) in [6.45, 7) is 18.6. The molecule has 0 aliphatic heterocycles. The lowest BCUT2D eigenvalue weighted by Gasteiger charge is -2.31. The Morgan fingerprint density at radius 2 is 1.55 bits per heavy atom. The first-order valence-corrected chi connectivity index (χ1v) is 8.64. The summed E-state index contributed by atoms with van der Waals surface area (Å²) in [5.74, 6) is 0.693. The summed E-state index contributed by atoms with van der Waals surface area (Å²) in [6, 6.07) is 0.374. The average molecular weight is 284 g/mol. The third-order valence-electron chi connectivity index (χ3n) is 5.35. The van der Waals surface area contributed by atoms with Gasteiger partial charge in [0.05, 0.1) is 0 Å². The number of hydrogen-bond donors (Lipinski definition) is 1. The monoisotopic (exact) mass is 283 g/mol. The average Bonchev–Trinajstić information content (AvgIpc) is 2.69. The molecule has 0 radical (unpaired) electrons. The van der Waals surface area contributed by atoms with Crippen LogP contribution in [0.25, 0.3) is 0 Å². The molecule has 2 unspecified atom stereocenters. The molecule has 0 aromatic rings. The SMILES string of the molecule is CCN(CC)CCCN(CC)CC1CCC(C)(C)C1N. The van der Waals surface area contributed by atoms with E-state index in [2.05, 4.69) is 44.4 Å². The minimum absolute atomic E-state index is 0.339. The molecule has 0 amide bonds. The van der Waals surface area contributed by atoms with Crippen molar-refractivity contribution in [3.8, 4) is 0 Å². The minimum Gasteiger partial charge on any atom is -0.327 e. The Morgan fingerprint density at radius 3 is 2.00 bits per heavy atom. The van der Waals surface area contributed by atoms with Crippen molar-refractivity contribution in [2.24, 2.45) is 17.1 Å². The lowest BCUT2D eigenvalue weighted by molar-refractivity contribution is 0.198. The third-order valence-corrected chi connectivity index (χ3v) is 5.35. The molecular formula is C17H37N3. The zero-order chi connectivity index (χ0) is 15.2. The van der Waals surface area contributed by atoms with Crippen LogP contribution in [-0.2, 0) is 0 Å². The molecule has 0 saturated heterocycles. The molecular weight excluding hydrogens is 246 g/mol. The van der Waals surface area contributed by atoms with Gasteiger partial charge in [0.1, 0.15) is 0 Å². The van der Waals surface area contributed by atoms with Gasteiger partial charge in [0, 0.05) is 12.6 Å². The van der Waals surface area contributed by atoms with Gasteiger partial charge >= 0.3 is 0 Å². The predicted octanol–water partition coefficient (Wildman–Crippen LogP) is 2.80. The summed E-state index contributed by atoms with van der Waals surface area (Å²) in [5, 5.41) is 0. The molecule has 1 rings (SSSR count). The van der Waals surface area contributed by atoms with Gasteiger partial charge in [0.2, 0.25) is 0 Å². The molecule has 2 atom stereocenters. The van der Waals surface area contributed by atoms with Crippen LogP contribution in [0.4, 0.5) is 0 Å². The second-order valence-corrected chi connectivity index (χ2v) is 7.09. The second-order valence-electron chi connectivity index (χ2n) is 7.09. The molecule has 1 aliphatic rings. The predicted molar refractivity (Wildman–Crippen MR) is 89.0 cm³/mol. The van der Waals surface area contributed by atoms with Crippen molar-refractivity contribution in [3.63, 3.8) is 0 Å². The fourth-order valence-electron chi connectivity index (χ4n) is 3.51. The maximum Gasteiger partial charge on any atom is 0.0131 e. The highest BCUT2D eigenvalue weighted by atomic mass is 15.1. The number of nitrogens with two attached hydrogens (primary N) is 1. The topological polar surface area (TPSA) is 32.5 Å². The van der Waals surface area contributed by atoms with Gasteiger partial charge in [-0.05, 0) is 63.3 Å². The smallest absolute Gasteiger partial charge is 0.0131 e. The Balaban J connectivity index is 2.33. The van der Waals surface area contributed by atoms with E-state index in [1.165, 1.54) is 52.0 Å². The van der Waals surface area contributed by atoms with Crippen LogP contribution in [0.15, 0.2) is 0 Å². The van der Waals surface area contributed by atoms with Crippen molar-refractivity contribution in [1.29, 1.82) is 0 Å². The van der Waals surface area contributed by atoms with Gasteiger partial charge < -0.3 is 15.5 Å². The van der Waals surface area contributed by atoms with Crippen LogP contribution in [0.3, 0.4) is 0 Å². The van der Waals surface area contributed by atoms with Gasteiger partial charge in [0.25, 0.3) is 0 Å². The van der Waals surface area contributed by atoms with E-state index >= 15 is 0 Å². The number of rotatable bonds is 9. The lowest BCUT2D eigenvalue weighted by Crippen LogP contribution is -2.42. The molecule has 0 spiro atoms. The Morgan fingerprint density at radius 1 is 1.00 bits per heavy atom. The highest BCUT2D eigenvalue weighted by Gasteiger charge is 2.39. The largest absolute Gasteiger partial charge is 0.327 e. The van der Waals surface area contributed by atoms with E-state index in [4.69, 9.17) is 5.73 Å². The van der Waals surface area contributed by atoms with Crippen LogP contribution in [0.5, 0.6) is 0 Å². The standard InChI is InChI=1S/C17H37N3/c1-6-19(7-2)12-9-13-20(8-3)14-15-10-11-17(4,5)16(15)18/h15-16H,6-14,18H2,1-5H3. The van der Waals surface area contributed by atoms with Crippen molar-refractivity contribution in [3.05, 3.63) is 0 Å². The molecule has 1 aliphatic carbocycles. The zero-order valence-electron chi connectivity index (χ0n) is 14.5. The molecule has 0 aromatic carbocycles. The van der Waals surface area contributed by atoms with Crippen LogP contribution >= 0.6 is 0 Å². The van der Waals surface area contributed by atoms with Crippen molar-refractivity contribution in [2.45, 2.75) is 59.9 Å². The normalized spacial score (nSPS) is 25.8. The molecule has 0 heterocycles.